The smallest absolute Gasteiger partial charge is 0.307 e. The molecule has 0 fully saturated rings. The predicted octanol–water partition coefficient (Wildman–Crippen LogP) is 1.52. The van der Waals surface area contributed by atoms with Crippen LogP contribution >= 0.6 is 15.9 Å². The lowest BCUT2D eigenvalue weighted by Crippen LogP contribution is -2.41. The highest BCUT2D eigenvalue weighted by atomic mass is 79.9. The van der Waals surface area contributed by atoms with Gasteiger partial charge in [0.15, 0.2) is 0 Å². The number of halogens is 1. The summed E-state index contributed by atoms with van der Waals surface area (Å²) in [6, 6.07) is 6.28. The van der Waals surface area contributed by atoms with E-state index in [2.05, 4.69) is 26.0 Å². The average molecular weight is 329 g/mol. The van der Waals surface area contributed by atoms with Gasteiger partial charge in [-0.05, 0) is 24.6 Å². The maximum Gasteiger partial charge on any atom is 0.307 e. The van der Waals surface area contributed by atoms with E-state index in [0.29, 0.717) is 0 Å². The number of nitrogens with one attached hydrogen (secondary N) is 1. The van der Waals surface area contributed by atoms with E-state index in [-0.39, 0.29) is 12.3 Å². The lowest BCUT2D eigenvalue weighted by molar-refractivity contribution is -0.141. The Morgan fingerprint density at radius 2 is 1.95 bits per heavy atom. The second-order valence-corrected chi connectivity index (χ2v) is 5.10. The van der Waals surface area contributed by atoms with Crippen molar-refractivity contribution in [1.82, 2.24) is 5.32 Å². The largest absolute Gasteiger partial charge is 0.469 e. The molecule has 1 rings (SSSR count). The molecule has 1 aromatic carbocycles. The number of carbonyl (C=O) groups excluding carboxylic acids is 2. The first-order valence-electron chi connectivity index (χ1n) is 5.82. The molecule has 1 unspecified atom stereocenters. The predicted molar refractivity (Wildman–Crippen MR) is 75.3 cm³/mol. The van der Waals surface area contributed by atoms with Gasteiger partial charge in [-0.25, -0.2) is 0 Å². The molecule has 0 bridgehead atoms. The third-order valence-electron chi connectivity index (χ3n) is 2.60. The molecular weight excluding hydrogens is 312 g/mol. The van der Waals surface area contributed by atoms with Crippen molar-refractivity contribution in [3.05, 3.63) is 34.3 Å². The number of carbonyl (C=O) groups is 2. The van der Waals surface area contributed by atoms with Gasteiger partial charge in [-0.1, -0.05) is 28.1 Å². The van der Waals surface area contributed by atoms with Crippen LogP contribution in [-0.2, 0) is 14.3 Å². The van der Waals surface area contributed by atoms with Gasteiger partial charge in [0.25, 0.3) is 0 Å². The van der Waals surface area contributed by atoms with E-state index in [0.717, 1.165) is 10.0 Å². The van der Waals surface area contributed by atoms with Crippen molar-refractivity contribution < 1.29 is 14.3 Å². The molecular formula is C13H17BrN2O3. The molecule has 0 spiro atoms. The highest BCUT2D eigenvalue weighted by Crippen LogP contribution is 2.20. The zero-order chi connectivity index (χ0) is 14.4. The quantitative estimate of drug-likeness (QED) is 0.803. The fourth-order valence-electron chi connectivity index (χ4n) is 1.50. The topological polar surface area (TPSA) is 81.4 Å². The summed E-state index contributed by atoms with van der Waals surface area (Å²) < 4.78 is 5.56. The third kappa shape index (κ3) is 5.00. The molecule has 0 saturated heterocycles. The molecule has 5 nitrogen and oxygen atoms in total. The van der Waals surface area contributed by atoms with Crippen LogP contribution in [0.15, 0.2) is 28.7 Å². The van der Waals surface area contributed by atoms with E-state index < -0.39 is 18.1 Å². The first-order chi connectivity index (χ1) is 8.93. The number of hydrogen-bond donors (Lipinski definition) is 2. The van der Waals surface area contributed by atoms with Crippen LogP contribution in [0.25, 0.3) is 0 Å². The Morgan fingerprint density at radius 3 is 2.42 bits per heavy atom. The van der Waals surface area contributed by atoms with Gasteiger partial charge in [0, 0.05) is 4.47 Å². The first kappa shape index (κ1) is 15.7. The second-order valence-electron chi connectivity index (χ2n) is 4.18. The average Bonchev–Trinajstić information content (AvgIpc) is 2.38. The van der Waals surface area contributed by atoms with Crippen molar-refractivity contribution in [2.75, 3.05) is 7.11 Å². The zero-order valence-electron chi connectivity index (χ0n) is 10.9. The van der Waals surface area contributed by atoms with Gasteiger partial charge in [-0.15, -0.1) is 0 Å². The number of amides is 1. The van der Waals surface area contributed by atoms with E-state index >= 15 is 0 Å². The molecule has 3 N–H and O–H groups in total. The maximum atomic E-state index is 11.7. The fourth-order valence-corrected chi connectivity index (χ4v) is 1.76. The van der Waals surface area contributed by atoms with Crippen molar-refractivity contribution in [2.24, 2.45) is 5.73 Å². The summed E-state index contributed by atoms with van der Waals surface area (Å²) in [6.45, 7) is 1.59. The van der Waals surface area contributed by atoms with Crippen molar-refractivity contribution in [3.63, 3.8) is 0 Å². The lowest BCUT2D eigenvalue weighted by Gasteiger charge is -2.19. The van der Waals surface area contributed by atoms with E-state index in [1.54, 1.807) is 6.92 Å². The normalized spacial score (nSPS) is 13.5. The SMILES string of the molecule is COC(=O)CC(NC(=O)[C@@H](C)N)c1ccc(Br)cc1. The zero-order valence-corrected chi connectivity index (χ0v) is 12.4. The molecule has 1 amide bonds. The molecule has 0 aliphatic carbocycles. The first-order valence-corrected chi connectivity index (χ1v) is 6.61. The van der Waals surface area contributed by atoms with Gasteiger partial charge >= 0.3 is 5.97 Å². The maximum absolute atomic E-state index is 11.7. The minimum atomic E-state index is -0.629. The lowest BCUT2D eigenvalue weighted by atomic mass is 10.0. The Bertz CT molecular complexity index is 446. The summed E-state index contributed by atoms with van der Waals surface area (Å²) in [5, 5.41) is 2.74. The molecule has 0 saturated carbocycles. The molecule has 0 heterocycles. The summed E-state index contributed by atoms with van der Waals surface area (Å²) in [5.74, 6) is -0.699. The van der Waals surface area contributed by atoms with Crippen LogP contribution in [0, 0.1) is 0 Å². The van der Waals surface area contributed by atoms with Crippen LogP contribution in [0.4, 0.5) is 0 Å². The van der Waals surface area contributed by atoms with E-state index in [9.17, 15) is 9.59 Å². The summed E-state index contributed by atoms with van der Waals surface area (Å²) >= 11 is 3.33. The molecule has 0 radical (unpaired) electrons. The molecule has 2 atom stereocenters. The Kier molecular flexibility index (Phi) is 5.98. The van der Waals surface area contributed by atoms with Gasteiger partial charge in [-0.2, -0.15) is 0 Å². The molecule has 1 aromatic rings. The molecule has 6 heteroatoms. The van der Waals surface area contributed by atoms with E-state index in [1.807, 2.05) is 24.3 Å². The fraction of sp³-hybridized carbons (Fsp3) is 0.385. The summed E-state index contributed by atoms with van der Waals surface area (Å²) in [7, 11) is 1.31. The number of ether oxygens (including phenoxy) is 1. The number of esters is 1. The van der Waals surface area contributed by atoms with Crippen LogP contribution in [0.1, 0.15) is 24.9 Å². The highest BCUT2D eigenvalue weighted by Gasteiger charge is 2.20. The Labute approximate surface area is 120 Å². The van der Waals surface area contributed by atoms with Crippen LogP contribution in [0.5, 0.6) is 0 Å². The summed E-state index contributed by atoms with van der Waals surface area (Å²) in [5.41, 5.74) is 6.34. The van der Waals surface area contributed by atoms with Crippen LogP contribution in [0.2, 0.25) is 0 Å². The molecule has 104 valence electrons. The standard InChI is InChI=1S/C13H17BrN2O3/c1-8(15)13(18)16-11(7-12(17)19-2)9-3-5-10(14)6-4-9/h3-6,8,11H,7,15H2,1-2H3,(H,16,18)/t8-,11?/m1/s1. The van der Waals surface area contributed by atoms with Crippen molar-refractivity contribution in [2.45, 2.75) is 25.4 Å². The number of hydrogen-bond acceptors (Lipinski definition) is 4. The Morgan fingerprint density at radius 1 is 1.37 bits per heavy atom. The van der Waals surface area contributed by atoms with Crippen molar-refractivity contribution >= 4 is 27.8 Å². The number of benzene rings is 1. The molecule has 0 aliphatic heterocycles. The highest BCUT2D eigenvalue weighted by molar-refractivity contribution is 9.10. The summed E-state index contributed by atoms with van der Waals surface area (Å²) in [4.78, 5) is 23.1. The van der Waals surface area contributed by atoms with Gasteiger partial charge in [0.05, 0.1) is 25.6 Å². The minimum absolute atomic E-state index is 0.0661. The number of rotatable bonds is 5. The number of nitrogens with two attached hydrogens (primary N) is 1. The van der Waals surface area contributed by atoms with Crippen LogP contribution < -0.4 is 11.1 Å². The van der Waals surface area contributed by atoms with Gasteiger partial charge < -0.3 is 15.8 Å². The monoisotopic (exact) mass is 328 g/mol. The third-order valence-corrected chi connectivity index (χ3v) is 3.13. The van der Waals surface area contributed by atoms with Crippen LogP contribution in [0.3, 0.4) is 0 Å². The van der Waals surface area contributed by atoms with Crippen molar-refractivity contribution in [1.29, 1.82) is 0 Å². The Balaban J connectivity index is 2.88. The van der Waals surface area contributed by atoms with Gasteiger partial charge in [-0.3, -0.25) is 9.59 Å². The molecule has 0 aliphatic rings. The Hall–Kier alpha value is -1.40. The van der Waals surface area contributed by atoms with Gasteiger partial charge in [0.1, 0.15) is 0 Å². The van der Waals surface area contributed by atoms with Gasteiger partial charge in [0.2, 0.25) is 5.91 Å². The molecule has 0 aromatic heterocycles. The molecule has 19 heavy (non-hydrogen) atoms. The van der Waals surface area contributed by atoms with Crippen LogP contribution in [-0.4, -0.2) is 25.0 Å². The van der Waals surface area contributed by atoms with Crippen molar-refractivity contribution in [3.8, 4) is 0 Å². The van der Waals surface area contributed by atoms with E-state index in [4.69, 9.17) is 5.73 Å². The minimum Gasteiger partial charge on any atom is -0.469 e. The summed E-state index contributed by atoms with van der Waals surface area (Å²) in [6.07, 6.45) is 0.0661. The second kappa shape index (κ2) is 7.25. The number of methoxy groups -OCH3 is 1. The van der Waals surface area contributed by atoms with E-state index in [1.165, 1.54) is 7.11 Å².